The molecule has 0 fully saturated rings. The zero-order valence-electron chi connectivity index (χ0n) is 23.6. The van der Waals surface area contributed by atoms with Gasteiger partial charge in [0.25, 0.3) is 0 Å². The Morgan fingerprint density at radius 2 is 1.69 bits per heavy atom. The highest BCUT2D eigenvalue weighted by Gasteiger charge is 2.09. The van der Waals surface area contributed by atoms with Crippen molar-refractivity contribution in [2.75, 3.05) is 14.2 Å². The number of allylic oxidation sites excluding steroid dienone is 1. The van der Waals surface area contributed by atoms with Gasteiger partial charge in [0.2, 0.25) is 0 Å². The maximum atomic E-state index is 5.92. The molecule has 0 unspecified atom stereocenters. The van der Waals surface area contributed by atoms with E-state index in [1.54, 1.807) is 20.4 Å². The van der Waals surface area contributed by atoms with Crippen LogP contribution in [-0.2, 0) is 13.0 Å². The van der Waals surface area contributed by atoms with Crippen molar-refractivity contribution >= 4 is 30.4 Å². The van der Waals surface area contributed by atoms with Crippen molar-refractivity contribution in [3.05, 3.63) is 137 Å². The molecule has 0 aliphatic heterocycles. The van der Waals surface area contributed by atoms with E-state index in [9.17, 15) is 0 Å². The Hall–Kier alpha value is -5.36. The van der Waals surface area contributed by atoms with Gasteiger partial charge in [-0.15, -0.1) is 0 Å². The first-order valence-electron chi connectivity index (χ1n) is 13.8. The Balaban J connectivity index is 1.26. The minimum atomic E-state index is 0.389. The normalized spacial score (nSPS) is 12.2. The number of pyridine rings is 1. The molecule has 0 saturated heterocycles. The van der Waals surface area contributed by atoms with E-state index in [1.165, 1.54) is 11.1 Å². The molecule has 3 aromatic carbocycles. The fourth-order valence-electron chi connectivity index (χ4n) is 4.84. The number of aromatic nitrogens is 3. The lowest BCUT2D eigenvalue weighted by molar-refractivity contribution is 0.299. The van der Waals surface area contributed by atoms with Crippen LogP contribution in [0.4, 0.5) is 0 Å². The summed E-state index contributed by atoms with van der Waals surface area (Å²) in [7, 11) is 3.32. The summed E-state index contributed by atoms with van der Waals surface area (Å²) in [5, 5.41) is 4.91. The Kier molecular flexibility index (Phi) is 7.95. The molecule has 0 N–H and O–H groups in total. The lowest BCUT2D eigenvalue weighted by Gasteiger charge is -2.09. The molecule has 0 amide bonds. The van der Waals surface area contributed by atoms with E-state index < -0.39 is 0 Å². The van der Waals surface area contributed by atoms with E-state index in [4.69, 9.17) is 19.3 Å². The van der Waals surface area contributed by atoms with Crippen LogP contribution in [0, 0.1) is 0 Å². The van der Waals surface area contributed by atoms with Gasteiger partial charge in [0.05, 0.1) is 37.0 Å². The summed E-state index contributed by atoms with van der Waals surface area (Å²) in [6.45, 7) is 0.389. The van der Waals surface area contributed by atoms with Crippen molar-refractivity contribution in [2.24, 2.45) is 0 Å². The average Bonchev–Trinajstić information content (AvgIpc) is 3.69. The molecular formula is C36H31N3O3. The SMILES string of the molecule is COc1ccc(-n2nc(/C=C/c3ccc(OCc4ccccn4)cc3OC)cc2/C=C/c2ccc3c(c2)CC=C3)cc1. The predicted molar refractivity (Wildman–Crippen MR) is 169 cm³/mol. The van der Waals surface area contributed by atoms with Crippen LogP contribution in [0.2, 0.25) is 0 Å². The molecule has 208 valence electrons. The molecule has 0 spiro atoms. The van der Waals surface area contributed by atoms with Gasteiger partial charge in [-0.2, -0.15) is 5.10 Å². The second-order valence-corrected chi connectivity index (χ2v) is 9.85. The van der Waals surface area contributed by atoms with Crippen LogP contribution in [0.15, 0.2) is 97.2 Å². The van der Waals surface area contributed by atoms with E-state index in [1.807, 2.05) is 77.5 Å². The second kappa shape index (κ2) is 12.4. The maximum absolute atomic E-state index is 5.92. The topological polar surface area (TPSA) is 58.4 Å². The van der Waals surface area contributed by atoms with E-state index in [0.29, 0.717) is 18.1 Å². The highest BCUT2D eigenvalue weighted by atomic mass is 16.5. The molecule has 6 nitrogen and oxygen atoms in total. The number of ether oxygens (including phenoxy) is 3. The molecule has 42 heavy (non-hydrogen) atoms. The van der Waals surface area contributed by atoms with Crippen LogP contribution in [0.3, 0.4) is 0 Å². The van der Waals surface area contributed by atoms with Gasteiger partial charge in [0.15, 0.2) is 0 Å². The number of hydrogen-bond donors (Lipinski definition) is 0. The van der Waals surface area contributed by atoms with Gasteiger partial charge in [0, 0.05) is 17.8 Å². The third kappa shape index (κ3) is 6.18. The zero-order valence-corrected chi connectivity index (χ0v) is 23.6. The summed E-state index contributed by atoms with van der Waals surface area (Å²) in [4.78, 5) is 4.31. The summed E-state index contributed by atoms with van der Waals surface area (Å²) in [6.07, 6.45) is 15.4. The van der Waals surface area contributed by atoms with Crippen molar-refractivity contribution in [2.45, 2.75) is 13.0 Å². The van der Waals surface area contributed by atoms with Gasteiger partial charge < -0.3 is 14.2 Å². The quantitative estimate of drug-likeness (QED) is 0.177. The fraction of sp³-hybridized carbons (Fsp3) is 0.111. The molecular weight excluding hydrogens is 522 g/mol. The first-order valence-corrected chi connectivity index (χ1v) is 13.8. The lowest BCUT2D eigenvalue weighted by Crippen LogP contribution is -1.99. The zero-order chi connectivity index (χ0) is 28.7. The van der Waals surface area contributed by atoms with Crippen LogP contribution in [0.1, 0.15) is 39.3 Å². The lowest BCUT2D eigenvalue weighted by atomic mass is 10.1. The Morgan fingerprint density at radius 1 is 0.810 bits per heavy atom. The first-order chi connectivity index (χ1) is 20.7. The van der Waals surface area contributed by atoms with Gasteiger partial charge in [-0.25, -0.2) is 4.68 Å². The molecule has 2 aromatic heterocycles. The summed E-state index contributed by atoms with van der Waals surface area (Å²) < 4.78 is 18.9. The minimum Gasteiger partial charge on any atom is -0.497 e. The average molecular weight is 554 g/mol. The highest BCUT2D eigenvalue weighted by Crippen LogP contribution is 2.28. The van der Waals surface area contributed by atoms with Crippen molar-refractivity contribution in [1.82, 2.24) is 14.8 Å². The van der Waals surface area contributed by atoms with Crippen LogP contribution in [0.5, 0.6) is 17.2 Å². The second-order valence-electron chi connectivity index (χ2n) is 9.85. The van der Waals surface area contributed by atoms with E-state index in [2.05, 4.69) is 53.6 Å². The summed E-state index contributed by atoms with van der Waals surface area (Å²) in [5.41, 5.74) is 8.33. The molecule has 0 bridgehead atoms. The minimum absolute atomic E-state index is 0.389. The van der Waals surface area contributed by atoms with Crippen LogP contribution in [-0.4, -0.2) is 29.0 Å². The number of hydrogen-bond acceptors (Lipinski definition) is 5. The highest BCUT2D eigenvalue weighted by molar-refractivity contribution is 5.75. The molecule has 1 aliphatic carbocycles. The van der Waals surface area contributed by atoms with Crippen molar-refractivity contribution in [3.8, 4) is 22.9 Å². The summed E-state index contributed by atoms with van der Waals surface area (Å²) in [6, 6.07) is 28.1. The largest absolute Gasteiger partial charge is 0.497 e. The van der Waals surface area contributed by atoms with Crippen LogP contribution >= 0.6 is 0 Å². The number of nitrogens with zero attached hydrogens (tertiary/aromatic N) is 3. The molecule has 1 aliphatic rings. The van der Waals surface area contributed by atoms with Crippen molar-refractivity contribution < 1.29 is 14.2 Å². The molecule has 5 aromatic rings. The van der Waals surface area contributed by atoms with E-state index in [0.717, 1.165) is 46.1 Å². The van der Waals surface area contributed by atoms with E-state index >= 15 is 0 Å². The monoisotopic (exact) mass is 553 g/mol. The van der Waals surface area contributed by atoms with Gasteiger partial charge in [-0.3, -0.25) is 4.98 Å². The molecule has 0 radical (unpaired) electrons. The Bertz CT molecular complexity index is 1770. The molecule has 0 atom stereocenters. The molecule has 6 heteroatoms. The molecule has 6 rings (SSSR count). The molecule has 2 heterocycles. The van der Waals surface area contributed by atoms with Crippen molar-refractivity contribution in [1.29, 1.82) is 0 Å². The van der Waals surface area contributed by atoms with Crippen LogP contribution < -0.4 is 14.2 Å². The summed E-state index contributed by atoms with van der Waals surface area (Å²) in [5.74, 6) is 2.23. The number of rotatable bonds is 10. The maximum Gasteiger partial charge on any atom is 0.130 e. The number of benzene rings is 3. The summed E-state index contributed by atoms with van der Waals surface area (Å²) >= 11 is 0. The molecule has 0 saturated carbocycles. The number of fused-ring (bicyclic) bond motifs is 1. The smallest absolute Gasteiger partial charge is 0.130 e. The third-order valence-corrected chi connectivity index (χ3v) is 7.07. The van der Waals surface area contributed by atoms with Crippen molar-refractivity contribution in [3.63, 3.8) is 0 Å². The number of methoxy groups -OCH3 is 2. The fourth-order valence-corrected chi connectivity index (χ4v) is 4.84. The first kappa shape index (κ1) is 26.8. The Labute approximate surface area is 245 Å². The predicted octanol–water partition coefficient (Wildman–Crippen LogP) is 7.77. The van der Waals surface area contributed by atoms with Gasteiger partial charge >= 0.3 is 0 Å². The van der Waals surface area contributed by atoms with Gasteiger partial charge in [-0.1, -0.05) is 42.5 Å². The standard InChI is InChI=1S/C36H31N3O3/c1-40-34-19-16-32(17-20-34)39-33(15-10-26-9-11-27-6-5-7-29(27)22-26)23-30(38-39)14-12-28-13-18-35(24-36(28)41-2)42-25-31-8-3-4-21-37-31/h3-6,8-24H,7,25H2,1-2H3/b14-12+,15-10+. The van der Waals surface area contributed by atoms with E-state index in [-0.39, 0.29) is 0 Å². The Morgan fingerprint density at radius 3 is 2.50 bits per heavy atom. The van der Waals surface area contributed by atoms with Crippen LogP contribution in [0.25, 0.3) is 36.1 Å². The third-order valence-electron chi connectivity index (χ3n) is 7.07. The van der Waals surface area contributed by atoms with Gasteiger partial charge in [-0.05, 0) is 95.9 Å². The van der Waals surface area contributed by atoms with Gasteiger partial charge in [0.1, 0.15) is 23.9 Å².